The van der Waals surface area contributed by atoms with Crippen molar-refractivity contribution in [3.05, 3.63) is 23.8 Å². The zero-order valence-electron chi connectivity index (χ0n) is 17.8. The van der Waals surface area contributed by atoms with Crippen molar-refractivity contribution in [1.82, 2.24) is 15.5 Å². The molecule has 0 radical (unpaired) electrons. The number of hydrogen-bond acceptors (Lipinski definition) is 7. The number of carbonyl (C=O) groups is 2. The zero-order chi connectivity index (χ0) is 22.0. The summed E-state index contributed by atoms with van der Waals surface area (Å²) in [5.74, 6) is -2.23. The summed E-state index contributed by atoms with van der Waals surface area (Å²) in [5.41, 5.74) is -0.609. The predicted molar refractivity (Wildman–Crippen MR) is 119 cm³/mol. The molecule has 3 aliphatic rings. The van der Waals surface area contributed by atoms with Crippen LogP contribution in [0.25, 0.3) is 0 Å². The third-order valence-electron chi connectivity index (χ3n) is 6.34. The molecule has 2 amide bonds. The summed E-state index contributed by atoms with van der Waals surface area (Å²) in [6, 6.07) is 1.67. The molecule has 0 bridgehead atoms. The first-order chi connectivity index (χ1) is 14.8. The van der Waals surface area contributed by atoms with E-state index in [0.29, 0.717) is 45.6 Å². The van der Waals surface area contributed by atoms with Gasteiger partial charge >= 0.3 is 0 Å². The Morgan fingerprint density at radius 3 is 2.31 bits per heavy atom. The first kappa shape index (κ1) is 24.6. The monoisotopic (exact) mass is 473 g/mol. The van der Waals surface area contributed by atoms with E-state index in [-0.39, 0.29) is 42.5 Å². The van der Waals surface area contributed by atoms with E-state index in [9.17, 15) is 23.5 Å². The molecular formula is C21H30ClF2N5O3. The number of nitrogens with one attached hydrogen (secondary N) is 3. The van der Waals surface area contributed by atoms with Crippen LogP contribution < -0.4 is 20.9 Å². The van der Waals surface area contributed by atoms with Gasteiger partial charge < -0.3 is 20.6 Å². The summed E-state index contributed by atoms with van der Waals surface area (Å²) in [5, 5.41) is 19.0. The van der Waals surface area contributed by atoms with Crippen LogP contribution in [0.3, 0.4) is 0 Å². The van der Waals surface area contributed by atoms with Crippen molar-refractivity contribution in [3.8, 4) is 0 Å². The molecule has 0 saturated carbocycles. The van der Waals surface area contributed by atoms with E-state index in [4.69, 9.17) is 0 Å². The summed E-state index contributed by atoms with van der Waals surface area (Å²) < 4.78 is 29.6. The average molecular weight is 474 g/mol. The Labute approximate surface area is 192 Å². The molecule has 1 aromatic carbocycles. The van der Waals surface area contributed by atoms with Crippen molar-refractivity contribution in [2.24, 2.45) is 0 Å². The molecule has 1 unspecified atom stereocenters. The Balaban J connectivity index is 0.00000289. The molecule has 0 aliphatic carbocycles. The van der Waals surface area contributed by atoms with E-state index in [1.807, 2.05) is 0 Å². The normalized spacial score (nSPS) is 24.0. The van der Waals surface area contributed by atoms with Crippen molar-refractivity contribution in [2.45, 2.75) is 37.3 Å². The van der Waals surface area contributed by atoms with Gasteiger partial charge in [-0.2, -0.15) is 0 Å². The minimum atomic E-state index is -0.702. The lowest BCUT2D eigenvalue weighted by molar-refractivity contribution is -0.133. The Hall–Kier alpha value is -2.01. The van der Waals surface area contributed by atoms with Crippen LogP contribution in [0.15, 0.2) is 12.1 Å². The summed E-state index contributed by atoms with van der Waals surface area (Å²) in [4.78, 5) is 27.0. The maximum Gasteiger partial charge on any atom is 0.249 e. The molecule has 178 valence electrons. The Kier molecular flexibility index (Phi) is 7.92. The number of nitrogens with zero attached hydrogens (tertiary/aromatic N) is 2. The zero-order valence-corrected chi connectivity index (χ0v) is 18.6. The second-order valence-corrected chi connectivity index (χ2v) is 8.67. The summed E-state index contributed by atoms with van der Waals surface area (Å²) in [6.45, 7) is 4.32. The summed E-state index contributed by atoms with van der Waals surface area (Å²) >= 11 is 0. The molecular weight excluding hydrogens is 444 g/mol. The fourth-order valence-electron chi connectivity index (χ4n) is 4.58. The van der Waals surface area contributed by atoms with Crippen LogP contribution in [0, 0.1) is 11.6 Å². The highest BCUT2D eigenvalue weighted by molar-refractivity contribution is 6.01. The highest BCUT2D eigenvalue weighted by atomic mass is 35.5. The molecule has 11 heteroatoms. The van der Waals surface area contributed by atoms with Gasteiger partial charge in [-0.3, -0.25) is 19.8 Å². The van der Waals surface area contributed by atoms with E-state index in [0.717, 1.165) is 13.1 Å². The number of imide groups is 1. The highest BCUT2D eigenvalue weighted by Crippen LogP contribution is 2.29. The second-order valence-electron chi connectivity index (χ2n) is 8.67. The third kappa shape index (κ3) is 5.67. The smallest absolute Gasteiger partial charge is 0.249 e. The Morgan fingerprint density at radius 2 is 1.72 bits per heavy atom. The largest absolute Gasteiger partial charge is 0.388 e. The number of carbonyl (C=O) groups excluding carboxylic acids is 2. The van der Waals surface area contributed by atoms with E-state index in [1.54, 1.807) is 4.90 Å². The molecule has 3 saturated heterocycles. The number of anilines is 2. The van der Waals surface area contributed by atoms with Crippen LogP contribution in [0.1, 0.15) is 25.7 Å². The lowest BCUT2D eigenvalue weighted by Crippen LogP contribution is -2.55. The second kappa shape index (κ2) is 10.3. The number of β-amino-alcohol motifs (C(OH)–C–C–N with tert-alkyl or cyclic N) is 1. The van der Waals surface area contributed by atoms with Crippen LogP contribution >= 0.6 is 12.4 Å². The average Bonchev–Trinajstić information content (AvgIpc) is 2.71. The first-order valence-electron chi connectivity index (χ1n) is 10.8. The standard InChI is InChI=1S/C21H29F2N5O3.ClH/c22-15-11-14(25-17-1-2-18(29)26-20(17)30)12-16(23)19(15)28-9-7-27(8-10-28)13-21(31)3-5-24-6-4-21;/h11-12,17,24-25,31H,1-10,13H2,(H,26,29,30);1H. The lowest BCUT2D eigenvalue weighted by Gasteiger charge is -2.41. The van der Waals surface area contributed by atoms with Gasteiger partial charge in [0.25, 0.3) is 0 Å². The number of hydrogen-bond donors (Lipinski definition) is 4. The molecule has 1 aromatic rings. The van der Waals surface area contributed by atoms with Crippen molar-refractivity contribution < 1.29 is 23.5 Å². The van der Waals surface area contributed by atoms with Gasteiger partial charge in [0.2, 0.25) is 11.8 Å². The van der Waals surface area contributed by atoms with Crippen molar-refractivity contribution >= 4 is 35.6 Å². The van der Waals surface area contributed by atoms with Gasteiger partial charge in [0.05, 0.1) is 5.60 Å². The van der Waals surface area contributed by atoms with Crippen LogP contribution in [-0.2, 0) is 9.59 Å². The number of rotatable bonds is 5. The molecule has 1 atom stereocenters. The Morgan fingerprint density at radius 1 is 1.09 bits per heavy atom. The fraction of sp³-hybridized carbons (Fsp3) is 0.619. The molecule has 0 aromatic heterocycles. The number of benzene rings is 1. The molecule has 8 nitrogen and oxygen atoms in total. The highest BCUT2D eigenvalue weighted by Gasteiger charge is 2.33. The van der Waals surface area contributed by atoms with Crippen molar-refractivity contribution in [3.63, 3.8) is 0 Å². The summed E-state index contributed by atoms with van der Waals surface area (Å²) in [7, 11) is 0. The van der Waals surface area contributed by atoms with Crippen LogP contribution in [-0.4, -0.2) is 79.3 Å². The van der Waals surface area contributed by atoms with Gasteiger partial charge in [-0.25, -0.2) is 8.78 Å². The van der Waals surface area contributed by atoms with E-state index in [1.165, 1.54) is 12.1 Å². The molecule has 3 heterocycles. The number of piperidine rings is 2. The SMILES string of the molecule is Cl.O=C1CCC(Nc2cc(F)c(N3CCN(CC4(O)CCNCC4)CC3)c(F)c2)C(=O)N1. The maximum atomic E-state index is 14.8. The van der Waals surface area contributed by atoms with Gasteiger partial charge in [-0.05, 0) is 44.5 Å². The number of piperazine rings is 1. The summed E-state index contributed by atoms with van der Waals surface area (Å²) in [6.07, 6.45) is 1.87. The molecule has 4 N–H and O–H groups in total. The van der Waals surface area contributed by atoms with Crippen LogP contribution in [0.5, 0.6) is 0 Å². The lowest BCUT2D eigenvalue weighted by atomic mass is 9.91. The number of aliphatic hydroxyl groups is 1. The van der Waals surface area contributed by atoms with Gasteiger partial charge in [-0.1, -0.05) is 0 Å². The minimum absolute atomic E-state index is 0. The van der Waals surface area contributed by atoms with Crippen LogP contribution in [0.2, 0.25) is 0 Å². The van der Waals surface area contributed by atoms with E-state index >= 15 is 0 Å². The number of halogens is 3. The predicted octanol–water partition coefficient (Wildman–Crippen LogP) is 0.840. The first-order valence-corrected chi connectivity index (χ1v) is 10.8. The number of amides is 2. The fourth-order valence-corrected chi connectivity index (χ4v) is 4.58. The van der Waals surface area contributed by atoms with E-state index < -0.39 is 29.2 Å². The van der Waals surface area contributed by atoms with Gasteiger partial charge in [0.15, 0.2) is 11.6 Å². The topological polar surface area (TPSA) is 96.9 Å². The molecule has 3 aliphatic heterocycles. The maximum absolute atomic E-state index is 14.8. The molecule has 3 fully saturated rings. The van der Waals surface area contributed by atoms with E-state index in [2.05, 4.69) is 20.9 Å². The molecule has 4 rings (SSSR count). The third-order valence-corrected chi connectivity index (χ3v) is 6.34. The molecule has 0 spiro atoms. The van der Waals surface area contributed by atoms with Crippen LogP contribution in [0.4, 0.5) is 20.2 Å². The van der Waals surface area contributed by atoms with Crippen molar-refractivity contribution in [2.75, 3.05) is 56.0 Å². The minimum Gasteiger partial charge on any atom is -0.388 e. The van der Waals surface area contributed by atoms with Gasteiger partial charge in [-0.15, -0.1) is 12.4 Å². The van der Waals surface area contributed by atoms with Gasteiger partial charge in [0, 0.05) is 44.8 Å². The van der Waals surface area contributed by atoms with Crippen molar-refractivity contribution in [1.29, 1.82) is 0 Å². The Bertz CT molecular complexity index is 822. The quantitative estimate of drug-likeness (QED) is 0.471. The van der Waals surface area contributed by atoms with Gasteiger partial charge in [0.1, 0.15) is 11.7 Å². The molecule has 32 heavy (non-hydrogen) atoms.